The SMILES string of the molecule is COc1c(Br)cc(C[C@@H](OC(=O)N2CCC(N3CCc4ccccc4NC3=O)CC2)C(=O)N2CCC(N3CCNCC3)CC2)cc1Br. The van der Waals surface area contributed by atoms with E-state index in [1.54, 1.807) is 12.0 Å². The van der Waals surface area contributed by atoms with Gasteiger partial charge in [-0.1, -0.05) is 18.2 Å². The molecule has 1 atom stereocenters. The van der Waals surface area contributed by atoms with Crippen LogP contribution in [0.15, 0.2) is 45.3 Å². The Morgan fingerprint density at radius 3 is 2.21 bits per heavy atom. The second kappa shape index (κ2) is 15.6. The molecule has 3 fully saturated rings. The molecule has 4 heterocycles. The molecule has 2 aromatic carbocycles. The summed E-state index contributed by atoms with van der Waals surface area (Å²) in [5.41, 5.74) is 2.84. The van der Waals surface area contributed by atoms with E-state index in [1.165, 1.54) is 0 Å². The van der Waals surface area contributed by atoms with Crippen molar-refractivity contribution in [1.82, 2.24) is 24.9 Å². The zero-order chi connectivity index (χ0) is 32.9. The molecule has 13 heteroatoms. The minimum Gasteiger partial charge on any atom is -0.494 e. The molecule has 2 aromatic rings. The molecule has 4 amide bonds. The van der Waals surface area contributed by atoms with Gasteiger partial charge < -0.3 is 34.8 Å². The molecule has 3 saturated heterocycles. The third-order valence-electron chi connectivity index (χ3n) is 9.95. The Labute approximate surface area is 293 Å². The average Bonchev–Trinajstić information content (AvgIpc) is 3.26. The number of amides is 4. The van der Waals surface area contributed by atoms with Crippen molar-refractivity contribution < 1.29 is 23.9 Å². The van der Waals surface area contributed by atoms with Gasteiger partial charge in [-0.25, -0.2) is 9.59 Å². The number of ether oxygens (including phenoxy) is 2. The molecule has 254 valence electrons. The molecule has 4 aliphatic heterocycles. The lowest BCUT2D eigenvalue weighted by Crippen LogP contribution is -2.54. The summed E-state index contributed by atoms with van der Waals surface area (Å²) in [6.07, 6.45) is 2.70. The van der Waals surface area contributed by atoms with Gasteiger partial charge in [-0.15, -0.1) is 0 Å². The van der Waals surface area contributed by atoms with Crippen molar-refractivity contribution in [3.05, 3.63) is 56.5 Å². The summed E-state index contributed by atoms with van der Waals surface area (Å²) in [4.78, 5) is 48.7. The maximum absolute atomic E-state index is 14.0. The van der Waals surface area contributed by atoms with Crippen molar-refractivity contribution in [2.45, 2.75) is 56.7 Å². The highest BCUT2D eigenvalue weighted by molar-refractivity contribution is 9.11. The number of carbonyl (C=O) groups excluding carboxylic acids is 3. The average molecular weight is 777 g/mol. The Morgan fingerprint density at radius 2 is 1.53 bits per heavy atom. The number of urea groups is 1. The summed E-state index contributed by atoms with van der Waals surface area (Å²) >= 11 is 7.14. The van der Waals surface area contributed by atoms with Crippen LogP contribution in [0.2, 0.25) is 0 Å². The zero-order valence-electron chi connectivity index (χ0n) is 26.9. The highest BCUT2D eigenvalue weighted by atomic mass is 79.9. The topological polar surface area (TPSA) is 107 Å². The summed E-state index contributed by atoms with van der Waals surface area (Å²) in [5.74, 6) is 0.504. The van der Waals surface area contributed by atoms with E-state index in [-0.39, 0.29) is 24.4 Å². The van der Waals surface area contributed by atoms with Crippen LogP contribution in [0.25, 0.3) is 0 Å². The minimum absolute atomic E-state index is 0.0248. The van der Waals surface area contributed by atoms with E-state index in [4.69, 9.17) is 9.47 Å². The number of anilines is 1. The van der Waals surface area contributed by atoms with E-state index in [0.29, 0.717) is 57.4 Å². The fourth-order valence-corrected chi connectivity index (χ4v) is 8.92. The number of benzene rings is 2. The Kier molecular flexibility index (Phi) is 11.3. The Hall–Kier alpha value is -2.87. The van der Waals surface area contributed by atoms with Gasteiger partial charge in [0.2, 0.25) is 0 Å². The van der Waals surface area contributed by atoms with Crippen molar-refractivity contribution in [2.24, 2.45) is 0 Å². The predicted molar refractivity (Wildman–Crippen MR) is 187 cm³/mol. The van der Waals surface area contributed by atoms with E-state index < -0.39 is 12.2 Å². The highest BCUT2D eigenvalue weighted by Crippen LogP contribution is 2.35. The molecular formula is C34H44Br2N6O5. The molecule has 4 aliphatic rings. The quantitative estimate of drug-likeness (QED) is 0.420. The molecule has 0 spiro atoms. The van der Waals surface area contributed by atoms with Crippen molar-refractivity contribution in [3.63, 3.8) is 0 Å². The number of nitrogens with one attached hydrogen (secondary N) is 2. The number of rotatable bonds is 7. The van der Waals surface area contributed by atoms with Gasteiger partial charge in [0.15, 0.2) is 6.10 Å². The summed E-state index contributed by atoms with van der Waals surface area (Å²) in [6.45, 7) is 6.90. The first-order valence-corrected chi connectivity index (χ1v) is 18.3. The number of carbonyl (C=O) groups is 3. The van der Waals surface area contributed by atoms with Crippen LogP contribution in [0, 0.1) is 0 Å². The molecular weight excluding hydrogens is 732 g/mol. The number of nitrogens with zero attached hydrogens (tertiary/aromatic N) is 4. The third kappa shape index (κ3) is 8.06. The van der Waals surface area contributed by atoms with Crippen LogP contribution in [0.4, 0.5) is 15.3 Å². The first-order valence-electron chi connectivity index (χ1n) is 16.7. The van der Waals surface area contributed by atoms with E-state index in [1.807, 2.05) is 46.2 Å². The van der Waals surface area contributed by atoms with Crippen LogP contribution in [0.3, 0.4) is 0 Å². The van der Waals surface area contributed by atoms with Gasteiger partial charge in [-0.05, 0) is 93.3 Å². The van der Waals surface area contributed by atoms with Gasteiger partial charge in [0, 0.05) is 83.1 Å². The molecule has 2 N–H and O–H groups in total. The fourth-order valence-electron chi connectivity index (χ4n) is 7.32. The van der Waals surface area contributed by atoms with Crippen LogP contribution in [-0.2, 0) is 22.4 Å². The van der Waals surface area contributed by atoms with Crippen molar-refractivity contribution >= 4 is 55.6 Å². The second-order valence-corrected chi connectivity index (χ2v) is 14.5. The number of piperidine rings is 2. The number of halogens is 2. The van der Waals surface area contributed by atoms with Crippen molar-refractivity contribution in [2.75, 3.05) is 71.3 Å². The first kappa shape index (κ1) is 34.0. The summed E-state index contributed by atoms with van der Waals surface area (Å²) < 4.78 is 13.0. The summed E-state index contributed by atoms with van der Waals surface area (Å²) in [7, 11) is 1.60. The number of para-hydroxylation sites is 1. The van der Waals surface area contributed by atoms with Gasteiger partial charge in [-0.3, -0.25) is 9.69 Å². The molecule has 6 rings (SSSR count). The van der Waals surface area contributed by atoms with Gasteiger partial charge in [0.1, 0.15) is 5.75 Å². The van der Waals surface area contributed by atoms with Gasteiger partial charge in [-0.2, -0.15) is 0 Å². The predicted octanol–water partition coefficient (Wildman–Crippen LogP) is 4.72. The lowest BCUT2D eigenvalue weighted by molar-refractivity contribution is -0.142. The molecule has 0 aromatic heterocycles. The molecule has 0 saturated carbocycles. The van der Waals surface area contributed by atoms with E-state index in [2.05, 4.69) is 47.4 Å². The Morgan fingerprint density at radius 1 is 0.894 bits per heavy atom. The van der Waals surface area contributed by atoms with E-state index >= 15 is 0 Å². The van der Waals surface area contributed by atoms with Crippen LogP contribution in [0.5, 0.6) is 5.75 Å². The summed E-state index contributed by atoms with van der Waals surface area (Å²) in [6, 6.07) is 12.1. The summed E-state index contributed by atoms with van der Waals surface area (Å²) in [5, 5.41) is 6.47. The first-order chi connectivity index (χ1) is 22.8. The van der Waals surface area contributed by atoms with E-state index in [9.17, 15) is 14.4 Å². The maximum atomic E-state index is 14.0. The molecule has 11 nitrogen and oxygen atoms in total. The second-order valence-electron chi connectivity index (χ2n) is 12.8. The number of hydrogen-bond donors (Lipinski definition) is 2. The van der Waals surface area contributed by atoms with Gasteiger partial charge in [0.25, 0.3) is 5.91 Å². The van der Waals surface area contributed by atoms with Crippen LogP contribution >= 0.6 is 31.9 Å². The smallest absolute Gasteiger partial charge is 0.410 e. The maximum Gasteiger partial charge on any atom is 0.410 e. The van der Waals surface area contributed by atoms with Gasteiger partial charge in [0.05, 0.1) is 16.1 Å². The molecule has 0 radical (unpaired) electrons. The van der Waals surface area contributed by atoms with Crippen LogP contribution in [-0.4, -0.2) is 122 Å². The van der Waals surface area contributed by atoms with Crippen molar-refractivity contribution in [1.29, 1.82) is 0 Å². The normalized spacial score (nSPS) is 20.7. The Bertz CT molecular complexity index is 1420. The number of fused-ring (bicyclic) bond motifs is 1. The monoisotopic (exact) mass is 774 g/mol. The highest BCUT2D eigenvalue weighted by Gasteiger charge is 2.36. The largest absolute Gasteiger partial charge is 0.494 e. The molecule has 0 bridgehead atoms. The fraction of sp³-hybridized carbons (Fsp3) is 0.559. The number of methoxy groups -OCH3 is 1. The minimum atomic E-state index is -0.960. The number of hydrogen-bond acceptors (Lipinski definition) is 7. The van der Waals surface area contributed by atoms with E-state index in [0.717, 1.165) is 71.2 Å². The standard InChI is InChI=1S/C34H44Br2N6O5/c1-46-31-27(35)20-23(21-28(31)36)22-30(32(43)40-13-7-25(8-14-40)39-18-11-37-12-19-39)47-34(45)41-15-9-26(10-16-41)42-17-6-24-4-2-3-5-29(24)38-33(42)44/h2-5,20-21,25-26,30,37H,6-19,22H2,1H3,(H,38,44)/t30-/m1/s1. The van der Waals surface area contributed by atoms with Crippen molar-refractivity contribution in [3.8, 4) is 5.75 Å². The zero-order valence-corrected chi connectivity index (χ0v) is 30.1. The Balaban J connectivity index is 1.09. The lowest BCUT2D eigenvalue weighted by atomic mass is 10.0. The lowest BCUT2D eigenvalue weighted by Gasteiger charge is -2.41. The molecule has 0 aliphatic carbocycles. The third-order valence-corrected chi connectivity index (χ3v) is 11.1. The number of piperazine rings is 1. The number of likely N-dealkylation sites (tertiary alicyclic amines) is 2. The van der Waals surface area contributed by atoms with Gasteiger partial charge >= 0.3 is 12.1 Å². The molecule has 47 heavy (non-hydrogen) atoms. The van der Waals surface area contributed by atoms with Crippen LogP contribution < -0.4 is 15.4 Å². The molecule has 0 unspecified atom stereocenters. The van der Waals surface area contributed by atoms with Crippen LogP contribution in [0.1, 0.15) is 36.8 Å².